The highest BCUT2D eigenvalue weighted by Gasteiger charge is 2.17. The van der Waals surface area contributed by atoms with Gasteiger partial charge in [-0.05, 0) is 24.3 Å². The number of aryl methyl sites for hydroxylation is 1. The molecule has 8 nitrogen and oxygen atoms in total. The largest absolute Gasteiger partial charge is 0.497 e. The molecule has 0 unspecified atom stereocenters. The van der Waals surface area contributed by atoms with Crippen molar-refractivity contribution in [2.75, 3.05) is 20.8 Å². The average molecular weight is 318 g/mol. The number of nitrogens with zero attached hydrogens (tertiary/aromatic N) is 2. The van der Waals surface area contributed by atoms with Crippen molar-refractivity contribution in [2.45, 2.75) is 0 Å². The van der Waals surface area contributed by atoms with E-state index in [0.717, 1.165) is 0 Å². The normalized spacial score (nSPS) is 10.2. The highest BCUT2D eigenvalue weighted by molar-refractivity contribution is 5.96. The second-order valence-electron chi connectivity index (χ2n) is 4.75. The Hall–Kier alpha value is -3.03. The molecule has 0 aliphatic carbocycles. The molecule has 3 N–H and O–H groups in total. The van der Waals surface area contributed by atoms with Crippen molar-refractivity contribution in [2.24, 2.45) is 12.8 Å². The first-order valence-electron chi connectivity index (χ1n) is 6.79. The van der Waals surface area contributed by atoms with Crippen LogP contribution in [0.15, 0.2) is 24.3 Å². The minimum Gasteiger partial charge on any atom is -0.497 e. The van der Waals surface area contributed by atoms with Gasteiger partial charge in [-0.15, -0.1) is 0 Å². The van der Waals surface area contributed by atoms with E-state index in [0.29, 0.717) is 28.5 Å². The maximum atomic E-state index is 12.1. The fourth-order valence-corrected chi connectivity index (χ4v) is 2.08. The summed E-state index contributed by atoms with van der Waals surface area (Å²) in [5.74, 6) is 0.196. The van der Waals surface area contributed by atoms with E-state index < -0.39 is 11.8 Å². The first-order valence-corrected chi connectivity index (χ1v) is 6.79. The second kappa shape index (κ2) is 6.82. The summed E-state index contributed by atoms with van der Waals surface area (Å²) >= 11 is 0. The summed E-state index contributed by atoms with van der Waals surface area (Å²) in [4.78, 5) is 22.8. The van der Waals surface area contributed by atoms with Gasteiger partial charge >= 0.3 is 0 Å². The van der Waals surface area contributed by atoms with Gasteiger partial charge in [0, 0.05) is 12.6 Å². The fraction of sp³-hybridized carbons (Fsp3) is 0.267. The third-order valence-corrected chi connectivity index (χ3v) is 3.22. The summed E-state index contributed by atoms with van der Waals surface area (Å²) in [5.41, 5.74) is 6.55. The fourth-order valence-electron chi connectivity index (χ4n) is 2.08. The molecule has 0 saturated carbocycles. The van der Waals surface area contributed by atoms with Gasteiger partial charge in [-0.2, -0.15) is 5.10 Å². The number of carbonyl (C=O) groups is 2. The van der Waals surface area contributed by atoms with Crippen molar-refractivity contribution >= 4 is 11.8 Å². The smallest absolute Gasteiger partial charge is 0.269 e. The molecule has 0 saturated heterocycles. The molecular formula is C15H18N4O4. The van der Waals surface area contributed by atoms with Crippen LogP contribution in [0.3, 0.4) is 0 Å². The molecule has 0 radical (unpaired) electrons. The predicted molar refractivity (Wildman–Crippen MR) is 83.3 cm³/mol. The number of amides is 2. The molecule has 0 spiro atoms. The average Bonchev–Trinajstić information content (AvgIpc) is 2.93. The Bertz CT molecular complexity index is 739. The summed E-state index contributed by atoms with van der Waals surface area (Å²) < 4.78 is 11.9. The Labute approximate surface area is 133 Å². The zero-order valence-corrected chi connectivity index (χ0v) is 13.1. The van der Waals surface area contributed by atoms with Crippen LogP contribution < -0.4 is 20.5 Å². The van der Waals surface area contributed by atoms with Crippen LogP contribution >= 0.6 is 0 Å². The molecule has 23 heavy (non-hydrogen) atoms. The summed E-state index contributed by atoms with van der Waals surface area (Å²) in [6.07, 6.45) is 0. The number of aromatic nitrogens is 2. The zero-order chi connectivity index (χ0) is 17.0. The van der Waals surface area contributed by atoms with Crippen molar-refractivity contribution in [1.29, 1.82) is 0 Å². The standard InChI is InChI=1S/C15H18N4O4/c1-19-12(15(21)17-8-14(16)20)7-11(18-19)10-6-9(22-2)4-5-13(10)23-3/h4-7H,8H2,1-3H3,(H2,16,20)(H,17,21). The number of carbonyl (C=O) groups excluding carboxylic acids is 2. The number of hydrogen-bond acceptors (Lipinski definition) is 5. The minimum atomic E-state index is -0.616. The second-order valence-corrected chi connectivity index (χ2v) is 4.75. The van der Waals surface area contributed by atoms with Gasteiger partial charge in [0.05, 0.1) is 26.5 Å². The lowest BCUT2D eigenvalue weighted by molar-refractivity contribution is -0.117. The van der Waals surface area contributed by atoms with E-state index in [2.05, 4.69) is 10.4 Å². The van der Waals surface area contributed by atoms with Gasteiger partial charge in [-0.25, -0.2) is 0 Å². The quantitative estimate of drug-likeness (QED) is 0.797. The number of benzene rings is 1. The van der Waals surface area contributed by atoms with Crippen LogP contribution in [-0.2, 0) is 11.8 Å². The van der Waals surface area contributed by atoms with Crippen molar-refractivity contribution < 1.29 is 19.1 Å². The van der Waals surface area contributed by atoms with Gasteiger partial charge in [-0.3, -0.25) is 14.3 Å². The molecule has 122 valence electrons. The molecular weight excluding hydrogens is 300 g/mol. The highest BCUT2D eigenvalue weighted by atomic mass is 16.5. The Morgan fingerprint density at radius 3 is 2.61 bits per heavy atom. The van der Waals surface area contributed by atoms with Gasteiger partial charge in [0.2, 0.25) is 5.91 Å². The molecule has 1 heterocycles. The van der Waals surface area contributed by atoms with Crippen LogP contribution in [0.5, 0.6) is 11.5 Å². The van der Waals surface area contributed by atoms with E-state index in [4.69, 9.17) is 15.2 Å². The van der Waals surface area contributed by atoms with Crippen LogP contribution in [0, 0.1) is 0 Å². The van der Waals surface area contributed by atoms with Crippen LogP contribution in [-0.4, -0.2) is 42.4 Å². The van der Waals surface area contributed by atoms with E-state index in [-0.39, 0.29) is 6.54 Å². The Kier molecular flexibility index (Phi) is 4.85. The SMILES string of the molecule is COc1ccc(OC)c(-c2cc(C(=O)NCC(N)=O)n(C)n2)c1. The van der Waals surface area contributed by atoms with Crippen molar-refractivity contribution in [1.82, 2.24) is 15.1 Å². The summed E-state index contributed by atoms with van der Waals surface area (Å²) in [5, 5.41) is 6.74. The van der Waals surface area contributed by atoms with Crippen molar-refractivity contribution in [3.63, 3.8) is 0 Å². The lowest BCUT2D eigenvalue weighted by Gasteiger charge is -2.08. The van der Waals surface area contributed by atoms with Gasteiger partial charge in [0.15, 0.2) is 0 Å². The van der Waals surface area contributed by atoms with E-state index in [9.17, 15) is 9.59 Å². The molecule has 0 aliphatic rings. The Morgan fingerprint density at radius 2 is 2.00 bits per heavy atom. The lowest BCUT2D eigenvalue weighted by Crippen LogP contribution is -2.34. The first-order chi connectivity index (χ1) is 11.0. The summed E-state index contributed by atoms with van der Waals surface area (Å²) in [7, 11) is 4.75. The molecule has 2 rings (SSSR count). The molecule has 1 aromatic carbocycles. The van der Waals surface area contributed by atoms with Gasteiger partial charge in [0.1, 0.15) is 17.2 Å². The highest BCUT2D eigenvalue weighted by Crippen LogP contribution is 2.32. The topological polar surface area (TPSA) is 108 Å². The molecule has 0 aliphatic heterocycles. The first kappa shape index (κ1) is 16.3. The third kappa shape index (κ3) is 3.60. The molecule has 2 amide bonds. The number of nitrogens with one attached hydrogen (secondary N) is 1. The van der Waals surface area contributed by atoms with Gasteiger partial charge < -0.3 is 20.5 Å². The number of methoxy groups -OCH3 is 2. The van der Waals surface area contributed by atoms with E-state index >= 15 is 0 Å². The van der Waals surface area contributed by atoms with Gasteiger partial charge in [-0.1, -0.05) is 0 Å². The molecule has 0 atom stereocenters. The minimum absolute atomic E-state index is 0.234. The summed E-state index contributed by atoms with van der Waals surface area (Å²) in [6.45, 7) is -0.234. The van der Waals surface area contributed by atoms with Gasteiger partial charge in [0.25, 0.3) is 5.91 Å². The number of hydrogen-bond donors (Lipinski definition) is 2. The maximum absolute atomic E-state index is 12.1. The van der Waals surface area contributed by atoms with Crippen LogP contribution in [0.4, 0.5) is 0 Å². The lowest BCUT2D eigenvalue weighted by atomic mass is 10.1. The Balaban J connectivity index is 2.37. The molecule has 0 fully saturated rings. The van der Waals surface area contributed by atoms with Crippen molar-refractivity contribution in [3.05, 3.63) is 30.0 Å². The van der Waals surface area contributed by atoms with Crippen molar-refractivity contribution in [3.8, 4) is 22.8 Å². The number of ether oxygens (including phenoxy) is 2. The monoisotopic (exact) mass is 318 g/mol. The van der Waals surface area contributed by atoms with E-state index in [1.165, 1.54) is 4.68 Å². The van der Waals surface area contributed by atoms with E-state index in [1.807, 2.05) is 0 Å². The molecule has 2 aromatic rings. The number of primary amides is 1. The Morgan fingerprint density at radius 1 is 1.26 bits per heavy atom. The predicted octanol–water partition coefficient (Wildman–Crippen LogP) is 0.319. The number of rotatable bonds is 6. The van der Waals surface area contributed by atoms with Crippen LogP contribution in [0.2, 0.25) is 0 Å². The molecule has 1 aromatic heterocycles. The zero-order valence-electron chi connectivity index (χ0n) is 13.1. The number of nitrogens with two attached hydrogens (primary N) is 1. The summed E-state index contributed by atoms with van der Waals surface area (Å²) in [6, 6.07) is 6.90. The molecule has 8 heteroatoms. The van der Waals surface area contributed by atoms with Crippen LogP contribution in [0.25, 0.3) is 11.3 Å². The maximum Gasteiger partial charge on any atom is 0.269 e. The van der Waals surface area contributed by atoms with E-state index in [1.54, 1.807) is 45.5 Å². The third-order valence-electron chi connectivity index (χ3n) is 3.22. The molecule has 0 bridgehead atoms. The van der Waals surface area contributed by atoms with Crippen LogP contribution in [0.1, 0.15) is 10.5 Å².